The summed E-state index contributed by atoms with van der Waals surface area (Å²) in [6, 6.07) is 6.24. The van der Waals surface area contributed by atoms with Crippen molar-refractivity contribution in [2.24, 2.45) is 5.92 Å². The van der Waals surface area contributed by atoms with Crippen LogP contribution in [-0.4, -0.2) is 27.4 Å². The standard InChI is InChI=1S/C19H24BN5/c20-17-13-23-25-18(22-12-15-6-8-21-9-7-15)11-16(24-19(17)25)10-14-4-2-1-3-5-14/h6-9,11,13-14,22H,1-5,10,12,20H2. The van der Waals surface area contributed by atoms with Crippen molar-refractivity contribution in [1.82, 2.24) is 19.6 Å². The van der Waals surface area contributed by atoms with Crippen LogP contribution < -0.4 is 10.8 Å². The molecular weight excluding hydrogens is 309 g/mol. The van der Waals surface area contributed by atoms with Crippen LogP contribution in [0.5, 0.6) is 0 Å². The maximum absolute atomic E-state index is 4.89. The number of fused-ring (bicyclic) bond motifs is 1. The maximum atomic E-state index is 4.89. The number of pyridine rings is 1. The summed E-state index contributed by atoms with van der Waals surface area (Å²) in [4.78, 5) is 8.97. The predicted octanol–water partition coefficient (Wildman–Crippen LogP) is 2.12. The van der Waals surface area contributed by atoms with Gasteiger partial charge in [-0.1, -0.05) is 32.1 Å². The summed E-state index contributed by atoms with van der Waals surface area (Å²) in [6.45, 7) is 0.753. The van der Waals surface area contributed by atoms with Gasteiger partial charge in [-0.3, -0.25) is 4.98 Å². The third kappa shape index (κ3) is 3.68. The SMILES string of the molecule is Bc1cnn2c(NCc3ccncc3)cc(CC3CCCCC3)nc12. The van der Waals surface area contributed by atoms with Crippen LogP contribution in [0.15, 0.2) is 36.8 Å². The second kappa shape index (κ2) is 7.25. The van der Waals surface area contributed by atoms with Crippen molar-refractivity contribution >= 4 is 24.8 Å². The Kier molecular flexibility index (Phi) is 4.68. The smallest absolute Gasteiger partial charge is 0.151 e. The number of aromatic nitrogens is 4. The normalized spacial score (nSPS) is 15.5. The van der Waals surface area contributed by atoms with Gasteiger partial charge in [-0.2, -0.15) is 9.61 Å². The molecule has 1 saturated carbocycles. The third-order valence-electron chi connectivity index (χ3n) is 5.15. The Morgan fingerprint density at radius 2 is 1.96 bits per heavy atom. The average Bonchev–Trinajstić information content (AvgIpc) is 3.03. The Bertz CT molecular complexity index is 840. The minimum absolute atomic E-state index is 0.753. The van der Waals surface area contributed by atoms with E-state index in [9.17, 15) is 0 Å². The highest BCUT2D eigenvalue weighted by molar-refractivity contribution is 6.36. The minimum atomic E-state index is 0.753. The Labute approximate surface area is 149 Å². The van der Waals surface area contributed by atoms with E-state index >= 15 is 0 Å². The molecule has 3 aromatic heterocycles. The molecule has 0 radical (unpaired) electrons. The van der Waals surface area contributed by atoms with Crippen molar-refractivity contribution in [1.29, 1.82) is 0 Å². The van der Waals surface area contributed by atoms with Gasteiger partial charge >= 0.3 is 0 Å². The summed E-state index contributed by atoms with van der Waals surface area (Å²) in [5, 5.41) is 8.03. The molecule has 1 aliphatic rings. The first kappa shape index (κ1) is 16.1. The quantitative estimate of drug-likeness (QED) is 0.727. The van der Waals surface area contributed by atoms with Gasteiger partial charge in [-0.15, -0.1) is 0 Å². The fraction of sp³-hybridized carbons (Fsp3) is 0.421. The fourth-order valence-corrected chi connectivity index (χ4v) is 3.73. The van der Waals surface area contributed by atoms with Crippen molar-refractivity contribution in [3.8, 4) is 0 Å². The van der Waals surface area contributed by atoms with Gasteiger partial charge < -0.3 is 5.32 Å². The van der Waals surface area contributed by atoms with E-state index in [4.69, 9.17) is 4.98 Å². The summed E-state index contributed by atoms with van der Waals surface area (Å²) >= 11 is 0. The van der Waals surface area contributed by atoms with E-state index in [1.165, 1.54) is 43.4 Å². The molecule has 1 N–H and O–H groups in total. The summed E-state index contributed by atoms with van der Waals surface area (Å²) < 4.78 is 1.92. The summed E-state index contributed by atoms with van der Waals surface area (Å²) in [5.41, 5.74) is 4.47. The molecule has 0 unspecified atom stereocenters. The molecule has 3 aromatic rings. The van der Waals surface area contributed by atoms with E-state index in [-0.39, 0.29) is 0 Å². The molecule has 0 amide bonds. The summed E-state index contributed by atoms with van der Waals surface area (Å²) in [7, 11) is 2.08. The van der Waals surface area contributed by atoms with E-state index in [1.54, 1.807) is 0 Å². The van der Waals surface area contributed by atoms with E-state index in [1.807, 2.05) is 35.2 Å². The van der Waals surface area contributed by atoms with E-state index in [0.29, 0.717) is 0 Å². The van der Waals surface area contributed by atoms with E-state index in [2.05, 4.69) is 29.3 Å². The first-order valence-corrected chi connectivity index (χ1v) is 9.26. The van der Waals surface area contributed by atoms with Crippen molar-refractivity contribution < 1.29 is 0 Å². The highest BCUT2D eigenvalue weighted by Gasteiger charge is 2.16. The number of hydrogen-bond acceptors (Lipinski definition) is 4. The van der Waals surface area contributed by atoms with Crippen LogP contribution in [0.1, 0.15) is 43.4 Å². The molecule has 128 valence electrons. The lowest BCUT2D eigenvalue weighted by Gasteiger charge is -2.21. The first-order chi connectivity index (χ1) is 12.3. The molecule has 0 aliphatic heterocycles. The fourth-order valence-electron chi connectivity index (χ4n) is 3.73. The van der Waals surface area contributed by atoms with Gasteiger partial charge in [0.05, 0.1) is 0 Å². The second-order valence-electron chi connectivity index (χ2n) is 7.11. The second-order valence-corrected chi connectivity index (χ2v) is 7.11. The van der Waals surface area contributed by atoms with Crippen LogP contribution in [0.2, 0.25) is 0 Å². The van der Waals surface area contributed by atoms with Crippen molar-refractivity contribution in [3.63, 3.8) is 0 Å². The largest absolute Gasteiger partial charge is 0.366 e. The summed E-state index contributed by atoms with van der Waals surface area (Å²) in [6.07, 6.45) is 13.4. The van der Waals surface area contributed by atoms with Gasteiger partial charge in [0.25, 0.3) is 0 Å². The van der Waals surface area contributed by atoms with Crippen LogP contribution in [0, 0.1) is 5.92 Å². The van der Waals surface area contributed by atoms with Gasteiger partial charge in [0, 0.05) is 36.9 Å². The molecule has 0 spiro atoms. The average molecular weight is 333 g/mol. The lowest BCUT2D eigenvalue weighted by Crippen LogP contribution is -2.14. The molecule has 1 aliphatic carbocycles. The zero-order valence-electron chi connectivity index (χ0n) is 14.8. The minimum Gasteiger partial charge on any atom is -0.366 e. The molecule has 0 saturated heterocycles. The molecular formula is C19H24BN5. The molecule has 5 nitrogen and oxygen atoms in total. The predicted molar refractivity (Wildman–Crippen MR) is 103 cm³/mol. The van der Waals surface area contributed by atoms with Crippen LogP contribution in [-0.2, 0) is 13.0 Å². The zero-order valence-corrected chi connectivity index (χ0v) is 14.8. The number of rotatable bonds is 5. The molecule has 0 atom stereocenters. The number of anilines is 1. The summed E-state index contributed by atoms with van der Waals surface area (Å²) in [5.74, 6) is 1.79. The Morgan fingerprint density at radius 3 is 2.76 bits per heavy atom. The lowest BCUT2D eigenvalue weighted by molar-refractivity contribution is 0.354. The zero-order chi connectivity index (χ0) is 17.1. The highest BCUT2D eigenvalue weighted by atomic mass is 15.3. The van der Waals surface area contributed by atoms with Crippen LogP contribution in [0.25, 0.3) is 5.65 Å². The molecule has 3 heterocycles. The first-order valence-electron chi connectivity index (χ1n) is 9.26. The number of nitrogens with one attached hydrogen (secondary N) is 1. The number of hydrogen-bond donors (Lipinski definition) is 1. The van der Waals surface area contributed by atoms with Gasteiger partial charge in [0.1, 0.15) is 13.7 Å². The topological polar surface area (TPSA) is 55.1 Å². The molecule has 0 aromatic carbocycles. The van der Waals surface area contributed by atoms with Gasteiger partial charge in [-0.05, 0) is 35.5 Å². The Hall–Kier alpha value is -2.37. The Balaban J connectivity index is 1.59. The van der Waals surface area contributed by atoms with Gasteiger partial charge in [-0.25, -0.2) is 4.98 Å². The van der Waals surface area contributed by atoms with Crippen molar-refractivity contribution in [2.75, 3.05) is 5.32 Å². The maximum Gasteiger partial charge on any atom is 0.151 e. The molecule has 4 rings (SSSR count). The van der Waals surface area contributed by atoms with Crippen molar-refractivity contribution in [2.45, 2.75) is 45.1 Å². The van der Waals surface area contributed by atoms with Gasteiger partial charge in [0.15, 0.2) is 5.65 Å². The van der Waals surface area contributed by atoms with E-state index in [0.717, 1.165) is 35.8 Å². The molecule has 1 fully saturated rings. The lowest BCUT2D eigenvalue weighted by atomic mass is 9.86. The number of nitrogens with zero attached hydrogens (tertiary/aromatic N) is 4. The molecule has 0 bridgehead atoms. The van der Waals surface area contributed by atoms with Crippen molar-refractivity contribution in [3.05, 3.63) is 48.0 Å². The highest BCUT2D eigenvalue weighted by Crippen LogP contribution is 2.27. The third-order valence-corrected chi connectivity index (χ3v) is 5.15. The molecule has 25 heavy (non-hydrogen) atoms. The van der Waals surface area contributed by atoms with E-state index < -0.39 is 0 Å². The van der Waals surface area contributed by atoms with Crippen LogP contribution in [0.3, 0.4) is 0 Å². The van der Waals surface area contributed by atoms with Gasteiger partial charge in [0.2, 0.25) is 0 Å². The molecule has 6 heteroatoms. The Morgan fingerprint density at radius 1 is 1.16 bits per heavy atom. The van der Waals surface area contributed by atoms with Crippen LogP contribution in [0.4, 0.5) is 5.82 Å². The van der Waals surface area contributed by atoms with Crippen LogP contribution >= 0.6 is 0 Å². The monoisotopic (exact) mass is 333 g/mol.